The van der Waals surface area contributed by atoms with Crippen molar-refractivity contribution in [1.82, 2.24) is 9.80 Å². The van der Waals surface area contributed by atoms with E-state index in [0.717, 1.165) is 38.5 Å². The fourth-order valence-electron chi connectivity index (χ4n) is 2.71. The molecule has 128 valence electrons. The van der Waals surface area contributed by atoms with Gasteiger partial charge in [0.25, 0.3) is 0 Å². The highest BCUT2D eigenvalue weighted by Gasteiger charge is 2.20. The molecule has 2 heterocycles. The first kappa shape index (κ1) is 17.3. The van der Waals surface area contributed by atoms with Crippen molar-refractivity contribution in [2.45, 2.75) is 6.54 Å². The van der Waals surface area contributed by atoms with Crippen LogP contribution in [0.15, 0.2) is 41.0 Å². The summed E-state index contributed by atoms with van der Waals surface area (Å²) in [6.07, 6.45) is 1.69. The van der Waals surface area contributed by atoms with Gasteiger partial charge in [-0.25, -0.2) is 0 Å². The second kappa shape index (κ2) is 8.03. The van der Waals surface area contributed by atoms with Crippen LogP contribution >= 0.6 is 23.2 Å². The average molecular weight is 368 g/mol. The molecular formula is C17H19Cl2N3O2. The number of carbonyl (C=O) groups is 1. The number of carbonyl (C=O) groups excluding carboxylic acids is 1. The molecule has 1 aromatic heterocycles. The van der Waals surface area contributed by atoms with Gasteiger partial charge >= 0.3 is 0 Å². The van der Waals surface area contributed by atoms with Crippen molar-refractivity contribution >= 4 is 34.8 Å². The van der Waals surface area contributed by atoms with Crippen molar-refractivity contribution in [3.8, 4) is 0 Å². The second-order valence-electron chi connectivity index (χ2n) is 5.80. The molecule has 0 aliphatic carbocycles. The van der Waals surface area contributed by atoms with E-state index in [0.29, 0.717) is 22.3 Å². The molecule has 0 radical (unpaired) electrons. The molecule has 1 aliphatic rings. The van der Waals surface area contributed by atoms with Crippen molar-refractivity contribution in [2.24, 2.45) is 0 Å². The van der Waals surface area contributed by atoms with E-state index in [1.807, 2.05) is 12.1 Å². The lowest BCUT2D eigenvalue weighted by atomic mass is 10.3. The predicted octanol–water partition coefficient (Wildman–Crippen LogP) is 3.34. The fraction of sp³-hybridized carbons (Fsp3) is 0.353. The van der Waals surface area contributed by atoms with Gasteiger partial charge < -0.3 is 9.73 Å². The number of rotatable bonds is 5. The first-order valence-corrected chi connectivity index (χ1v) is 8.58. The Bertz CT molecular complexity index is 683. The minimum atomic E-state index is -0.0706. The van der Waals surface area contributed by atoms with Crippen molar-refractivity contribution in [1.29, 1.82) is 0 Å². The van der Waals surface area contributed by atoms with E-state index in [1.54, 1.807) is 24.5 Å². The molecule has 2 aromatic rings. The summed E-state index contributed by atoms with van der Waals surface area (Å²) in [4.78, 5) is 16.6. The maximum atomic E-state index is 12.2. The zero-order valence-electron chi connectivity index (χ0n) is 13.2. The van der Waals surface area contributed by atoms with E-state index >= 15 is 0 Å². The molecule has 0 spiro atoms. The zero-order chi connectivity index (χ0) is 16.9. The summed E-state index contributed by atoms with van der Waals surface area (Å²) in [5.74, 6) is 0.900. The number of benzene rings is 1. The molecule has 1 N–H and O–H groups in total. The van der Waals surface area contributed by atoms with Crippen molar-refractivity contribution in [3.63, 3.8) is 0 Å². The van der Waals surface area contributed by atoms with Crippen LogP contribution in [0.1, 0.15) is 5.76 Å². The first-order chi connectivity index (χ1) is 11.6. The maximum absolute atomic E-state index is 12.2. The minimum Gasteiger partial charge on any atom is -0.468 e. The normalized spacial score (nSPS) is 16.2. The molecule has 0 saturated carbocycles. The van der Waals surface area contributed by atoms with Gasteiger partial charge in [0.1, 0.15) is 5.76 Å². The Hall–Kier alpha value is -1.53. The zero-order valence-corrected chi connectivity index (χ0v) is 14.7. The quantitative estimate of drug-likeness (QED) is 0.880. The number of nitrogens with zero attached hydrogens (tertiary/aromatic N) is 2. The van der Waals surface area contributed by atoms with Crippen LogP contribution in [0.5, 0.6) is 0 Å². The van der Waals surface area contributed by atoms with Crippen LogP contribution in [0.25, 0.3) is 0 Å². The molecule has 0 bridgehead atoms. The Morgan fingerprint density at radius 3 is 2.54 bits per heavy atom. The van der Waals surface area contributed by atoms with E-state index in [-0.39, 0.29) is 5.91 Å². The number of hydrogen-bond acceptors (Lipinski definition) is 4. The van der Waals surface area contributed by atoms with Crippen molar-refractivity contribution < 1.29 is 9.21 Å². The van der Waals surface area contributed by atoms with Crippen molar-refractivity contribution in [3.05, 3.63) is 52.4 Å². The Balaban J connectivity index is 1.44. The van der Waals surface area contributed by atoms with Gasteiger partial charge in [0.05, 0.1) is 30.1 Å². The number of anilines is 1. The lowest BCUT2D eigenvalue weighted by Crippen LogP contribution is -2.48. The van der Waals surface area contributed by atoms with Crippen LogP contribution < -0.4 is 5.32 Å². The average Bonchev–Trinajstić information content (AvgIpc) is 3.05. The summed E-state index contributed by atoms with van der Waals surface area (Å²) in [7, 11) is 0. The molecule has 1 aromatic carbocycles. The summed E-state index contributed by atoms with van der Waals surface area (Å²) >= 11 is 11.9. The molecule has 1 amide bonds. The van der Waals surface area contributed by atoms with Crippen LogP contribution in [0.2, 0.25) is 10.0 Å². The highest BCUT2D eigenvalue weighted by Crippen LogP contribution is 2.25. The molecule has 1 fully saturated rings. The van der Waals surface area contributed by atoms with Gasteiger partial charge in [-0.1, -0.05) is 23.2 Å². The lowest BCUT2D eigenvalue weighted by molar-refractivity contribution is -0.117. The summed E-state index contributed by atoms with van der Waals surface area (Å²) in [5, 5.41) is 3.82. The fourth-order valence-corrected chi connectivity index (χ4v) is 3.17. The summed E-state index contributed by atoms with van der Waals surface area (Å²) in [5.41, 5.74) is 0.586. The molecule has 0 atom stereocenters. The SMILES string of the molecule is O=C(CN1CCN(Cc2ccco2)CC1)Nc1ccc(Cl)cc1Cl. The molecule has 5 nitrogen and oxygen atoms in total. The molecule has 24 heavy (non-hydrogen) atoms. The molecule has 3 rings (SSSR count). The molecule has 1 aliphatic heterocycles. The molecule has 1 saturated heterocycles. The van der Waals surface area contributed by atoms with Gasteiger partial charge in [-0.05, 0) is 30.3 Å². The van der Waals surface area contributed by atoms with E-state index < -0.39 is 0 Å². The van der Waals surface area contributed by atoms with Gasteiger partial charge in [-0.15, -0.1) is 0 Å². The van der Waals surface area contributed by atoms with Crippen molar-refractivity contribution in [2.75, 3.05) is 38.0 Å². The Morgan fingerprint density at radius 2 is 1.88 bits per heavy atom. The van der Waals surface area contributed by atoms with E-state index in [1.165, 1.54) is 0 Å². The van der Waals surface area contributed by atoms with Crippen LogP contribution in [0, 0.1) is 0 Å². The topological polar surface area (TPSA) is 48.7 Å². The predicted molar refractivity (Wildman–Crippen MR) is 95.5 cm³/mol. The summed E-state index contributed by atoms with van der Waals surface area (Å²) in [6.45, 7) is 4.69. The third-order valence-electron chi connectivity index (χ3n) is 4.00. The monoisotopic (exact) mass is 367 g/mol. The van der Waals surface area contributed by atoms with Gasteiger partial charge in [0, 0.05) is 31.2 Å². The summed E-state index contributed by atoms with van der Waals surface area (Å²) < 4.78 is 5.37. The first-order valence-electron chi connectivity index (χ1n) is 7.82. The molecule has 0 unspecified atom stereocenters. The molecule has 7 heteroatoms. The number of hydrogen-bond donors (Lipinski definition) is 1. The number of halogens is 2. The Kier molecular flexibility index (Phi) is 5.79. The third kappa shape index (κ3) is 4.74. The minimum absolute atomic E-state index is 0.0706. The van der Waals surface area contributed by atoms with Crippen LogP contribution in [-0.2, 0) is 11.3 Å². The van der Waals surface area contributed by atoms with Gasteiger partial charge in [-0.3, -0.25) is 14.6 Å². The Morgan fingerprint density at radius 1 is 1.12 bits per heavy atom. The number of nitrogens with one attached hydrogen (secondary N) is 1. The standard InChI is InChI=1S/C17H19Cl2N3O2/c18-13-3-4-16(15(19)10-13)20-17(23)12-22-7-5-21(6-8-22)11-14-2-1-9-24-14/h1-4,9-10H,5-8,11-12H2,(H,20,23). The number of piperazine rings is 1. The largest absolute Gasteiger partial charge is 0.468 e. The number of amides is 1. The van der Waals surface area contributed by atoms with Gasteiger partial charge in [0.2, 0.25) is 5.91 Å². The van der Waals surface area contributed by atoms with E-state index in [9.17, 15) is 4.79 Å². The highest BCUT2D eigenvalue weighted by atomic mass is 35.5. The van der Waals surface area contributed by atoms with Crippen LogP contribution in [0.3, 0.4) is 0 Å². The smallest absolute Gasteiger partial charge is 0.238 e. The Labute approximate surface area is 151 Å². The van der Waals surface area contributed by atoms with Gasteiger partial charge in [0.15, 0.2) is 0 Å². The third-order valence-corrected chi connectivity index (χ3v) is 4.54. The molecular weight excluding hydrogens is 349 g/mol. The maximum Gasteiger partial charge on any atom is 0.238 e. The van der Waals surface area contributed by atoms with Crippen LogP contribution in [0.4, 0.5) is 5.69 Å². The van der Waals surface area contributed by atoms with Gasteiger partial charge in [-0.2, -0.15) is 0 Å². The van der Waals surface area contributed by atoms with E-state index in [2.05, 4.69) is 15.1 Å². The highest BCUT2D eigenvalue weighted by molar-refractivity contribution is 6.36. The second-order valence-corrected chi connectivity index (χ2v) is 6.65. The summed E-state index contributed by atoms with van der Waals surface area (Å²) in [6, 6.07) is 8.92. The van der Waals surface area contributed by atoms with Crippen LogP contribution in [-0.4, -0.2) is 48.4 Å². The lowest BCUT2D eigenvalue weighted by Gasteiger charge is -2.33. The number of furan rings is 1. The van der Waals surface area contributed by atoms with E-state index in [4.69, 9.17) is 27.6 Å².